The zero-order valence-corrected chi connectivity index (χ0v) is 27.9. The van der Waals surface area contributed by atoms with E-state index in [1.165, 1.54) is 38.1 Å². The topological polar surface area (TPSA) is 237 Å². The van der Waals surface area contributed by atoms with Crippen molar-refractivity contribution in [2.45, 2.75) is 6.42 Å². The van der Waals surface area contributed by atoms with Crippen molar-refractivity contribution < 1.29 is 29.2 Å². The average molecular weight is 726 g/mol. The van der Waals surface area contributed by atoms with Crippen LogP contribution in [0.4, 0.5) is 22.9 Å². The Balaban J connectivity index is 1.38. The van der Waals surface area contributed by atoms with Gasteiger partial charge >= 0.3 is 0 Å². The van der Waals surface area contributed by atoms with E-state index in [4.69, 9.17) is 10.9 Å². The van der Waals surface area contributed by atoms with Crippen LogP contribution in [-0.4, -0.2) is 70.4 Å². The third-order valence-electron chi connectivity index (χ3n) is 6.85. The van der Waals surface area contributed by atoms with Crippen LogP contribution >= 0.6 is 15.9 Å². The van der Waals surface area contributed by atoms with Crippen LogP contribution in [0.1, 0.15) is 48.5 Å². The summed E-state index contributed by atoms with van der Waals surface area (Å²) in [6.07, 6.45) is 6.29. The van der Waals surface area contributed by atoms with E-state index in [0.29, 0.717) is 17.1 Å². The largest absolute Gasteiger partial charge is 0.409 e. The molecule has 0 aliphatic heterocycles. The second-order valence-corrected chi connectivity index (χ2v) is 11.5. The van der Waals surface area contributed by atoms with Crippen molar-refractivity contribution in [3.8, 4) is 0 Å². The lowest BCUT2D eigenvalue weighted by Gasteiger charge is -2.04. The van der Waals surface area contributed by atoms with Crippen molar-refractivity contribution in [1.82, 2.24) is 28.6 Å². The lowest BCUT2D eigenvalue weighted by molar-refractivity contribution is -0.112. The summed E-state index contributed by atoms with van der Waals surface area (Å²) >= 11 is 3.01. The standard InChI is InChI=1S/C29H33BrN12O6/c1-15(30)25(43)33-16-8-19(39(2)11-16)26(44)34-17-9-20(40(3)12-17)27(45)35-18-10-21(41(4)13-18)28(46)37-23-14-42(5)24(36-23)29(47)32-7-6-22(31)38-48/h8-14,48H,1,6-7H2,2-5H3,(H2,31,38)(H,32,47)(H,33,43)(H,34,44)(H,35,45)(H,37,46). The van der Waals surface area contributed by atoms with Crippen molar-refractivity contribution in [2.75, 3.05) is 27.8 Å². The normalized spacial score (nSPS) is 11.1. The van der Waals surface area contributed by atoms with Crippen LogP contribution in [0.3, 0.4) is 0 Å². The number of halogens is 1. The Labute approximate surface area is 281 Å². The van der Waals surface area contributed by atoms with Crippen molar-refractivity contribution in [2.24, 2.45) is 39.1 Å². The summed E-state index contributed by atoms with van der Waals surface area (Å²) in [6.45, 7) is 3.63. The molecule has 18 nitrogen and oxygen atoms in total. The molecule has 0 bridgehead atoms. The van der Waals surface area contributed by atoms with Crippen LogP contribution < -0.4 is 32.3 Å². The summed E-state index contributed by atoms with van der Waals surface area (Å²) in [6, 6.07) is 4.47. The maximum Gasteiger partial charge on any atom is 0.287 e. The van der Waals surface area contributed by atoms with Crippen LogP contribution in [-0.2, 0) is 33.0 Å². The lowest BCUT2D eigenvalue weighted by atomic mass is 10.3. The Morgan fingerprint density at radius 2 is 1.23 bits per heavy atom. The van der Waals surface area contributed by atoms with Crippen molar-refractivity contribution in [3.05, 3.63) is 77.0 Å². The number of nitrogens with two attached hydrogens (primary N) is 1. The number of amidine groups is 1. The molecule has 252 valence electrons. The number of hydrogen-bond donors (Lipinski definition) is 7. The molecule has 4 aromatic heterocycles. The molecule has 4 heterocycles. The highest BCUT2D eigenvalue weighted by atomic mass is 79.9. The Morgan fingerprint density at radius 3 is 1.69 bits per heavy atom. The number of nitrogens with one attached hydrogen (secondary N) is 5. The Morgan fingerprint density at radius 1 is 0.771 bits per heavy atom. The van der Waals surface area contributed by atoms with E-state index in [0.717, 1.165) is 0 Å². The van der Waals surface area contributed by atoms with E-state index in [-0.39, 0.29) is 52.0 Å². The predicted molar refractivity (Wildman–Crippen MR) is 180 cm³/mol. The zero-order chi connectivity index (χ0) is 35.3. The van der Waals surface area contributed by atoms with Crippen LogP contribution in [0.2, 0.25) is 0 Å². The van der Waals surface area contributed by atoms with Gasteiger partial charge in [-0.15, -0.1) is 0 Å². The molecule has 0 aliphatic carbocycles. The van der Waals surface area contributed by atoms with Crippen LogP contribution in [0.25, 0.3) is 0 Å². The summed E-state index contributed by atoms with van der Waals surface area (Å²) in [5.74, 6) is -2.36. The minimum Gasteiger partial charge on any atom is -0.409 e. The molecule has 19 heteroatoms. The second kappa shape index (κ2) is 14.5. The van der Waals surface area contributed by atoms with Gasteiger partial charge in [0.25, 0.3) is 29.5 Å². The molecule has 0 saturated heterocycles. The fraction of sp³-hybridized carbons (Fsp3) is 0.207. The molecule has 48 heavy (non-hydrogen) atoms. The first-order valence-corrected chi connectivity index (χ1v) is 14.8. The molecule has 0 aromatic carbocycles. The number of rotatable bonds is 12. The van der Waals surface area contributed by atoms with E-state index < -0.39 is 29.5 Å². The monoisotopic (exact) mass is 724 g/mol. The summed E-state index contributed by atoms with van der Waals surface area (Å²) in [7, 11) is 6.49. The van der Waals surface area contributed by atoms with Gasteiger partial charge in [0.1, 0.15) is 22.9 Å². The predicted octanol–water partition coefficient (Wildman–Crippen LogP) is 1.91. The van der Waals surface area contributed by atoms with Crippen LogP contribution in [0.15, 0.2) is 59.2 Å². The van der Waals surface area contributed by atoms with Crippen LogP contribution in [0, 0.1) is 0 Å². The fourth-order valence-corrected chi connectivity index (χ4v) is 4.62. The maximum atomic E-state index is 13.1. The quantitative estimate of drug-likeness (QED) is 0.0374. The third kappa shape index (κ3) is 8.18. The van der Waals surface area contributed by atoms with Gasteiger partial charge in [-0.2, -0.15) is 0 Å². The van der Waals surface area contributed by atoms with Crippen molar-refractivity contribution in [1.29, 1.82) is 0 Å². The number of oxime groups is 1. The van der Waals surface area contributed by atoms with Gasteiger partial charge in [-0.25, -0.2) is 4.98 Å². The Bertz CT molecular complexity index is 1960. The van der Waals surface area contributed by atoms with E-state index in [1.807, 2.05) is 0 Å². The minimum absolute atomic E-state index is 0.0292. The summed E-state index contributed by atoms with van der Waals surface area (Å²) in [4.78, 5) is 67.6. The number of carbonyl (C=O) groups excluding carboxylic acids is 5. The van der Waals surface area contributed by atoms with Gasteiger partial charge in [0.2, 0.25) is 5.82 Å². The minimum atomic E-state index is -0.542. The van der Waals surface area contributed by atoms with Gasteiger partial charge in [0, 0.05) is 65.9 Å². The van der Waals surface area contributed by atoms with E-state index in [1.54, 1.807) is 51.3 Å². The zero-order valence-electron chi connectivity index (χ0n) is 26.3. The van der Waals surface area contributed by atoms with E-state index in [9.17, 15) is 24.0 Å². The van der Waals surface area contributed by atoms with Crippen molar-refractivity contribution in [3.63, 3.8) is 0 Å². The highest BCUT2D eigenvalue weighted by Gasteiger charge is 2.20. The number of amides is 5. The molecule has 0 unspecified atom stereocenters. The van der Waals surface area contributed by atoms with Gasteiger partial charge < -0.3 is 55.8 Å². The molecule has 5 amide bonds. The molecule has 0 atom stereocenters. The fourth-order valence-electron chi connectivity index (χ4n) is 4.52. The van der Waals surface area contributed by atoms with Gasteiger partial charge in [-0.1, -0.05) is 11.7 Å². The maximum absolute atomic E-state index is 13.1. The molecule has 0 aliphatic rings. The van der Waals surface area contributed by atoms with Gasteiger partial charge in [0.05, 0.1) is 21.5 Å². The SMILES string of the molecule is C=C(Br)C(=O)Nc1cc(C(=O)Nc2cc(C(=O)Nc3cc(C(=O)Nc4cn(C)c(C(=O)NCCC(N)=NO)n4)n(C)c3)n(C)c2)n(C)c1. The van der Waals surface area contributed by atoms with E-state index >= 15 is 0 Å². The highest BCUT2D eigenvalue weighted by Crippen LogP contribution is 2.21. The number of imidazole rings is 1. The number of aromatic nitrogens is 5. The molecule has 0 fully saturated rings. The molecule has 0 saturated carbocycles. The first kappa shape index (κ1) is 34.8. The molecular formula is C29H33BrN12O6. The molecule has 4 aromatic rings. The smallest absolute Gasteiger partial charge is 0.287 e. The summed E-state index contributed by atoms with van der Waals surface area (Å²) in [5.41, 5.74) is 7.17. The summed E-state index contributed by atoms with van der Waals surface area (Å²) < 4.78 is 6.15. The van der Waals surface area contributed by atoms with E-state index in [2.05, 4.69) is 59.2 Å². The van der Waals surface area contributed by atoms with Gasteiger partial charge in [0.15, 0.2) is 5.82 Å². The average Bonchev–Trinajstić information content (AvgIpc) is 3.78. The summed E-state index contributed by atoms with van der Waals surface area (Å²) in [5, 5.41) is 24.8. The molecular weight excluding hydrogens is 692 g/mol. The Kier molecular flexibility index (Phi) is 10.5. The number of carbonyl (C=O) groups is 5. The first-order valence-electron chi connectivity index (χ1n) is 14.0. The number of aryl methyl sites for hydroxylation is 4. The third-order valence-corrected chi connectivity index (χ3v) is 7.21. The van der Waals surface area contributed by atoms with Gasteiger partial charge in [-0.3, -0.25) is 24.0 Å². The second-order valence-electron chi connectivity index (χ2n) is 10.6. The Hall–Kier alpha value is -6.11. The van der Waals surface area contributed by atoms with Crippen LogP contribution in [0.5, 0.6) is 0 Å². The number of hydrogen-bond acceptors (Lipinski definition) is 8. The first-order chi connectivity index (χ1) is 22.7. The highest BCUT2D eigenvalue weighted by molar-refractivity contribution is 9.12. The molecule has 0 radical (unpaired) electrons. The number of anilines is 4. The molecule has 0 spiro atoms. The van der Waals surface area contributed by atoms with Crippen molar-refractivity contribution >= 4 is 74.2 Å². The lowest BCUT2D eigenvalue weighted by Crippen LogP contribution is -2.29. The molecule has 8 N–H and O–H groups in total. The molecule has 4 rings (SSSR count). The van der Waals surface area contributed by atoms with Gasteiger partial charge in [-0.05, 0) is 34.1 Å². The number of nitrogens with zero attached hydrogens (tertiary/aromatic N) is 6.